The maximum Gasteiger partial charge on any atom is 0.193 e. The van der Waals surface area contributed by atoms with Crippen molar-refractivity contribution < 1.29 is 14.2 Å². The summed E-state index contributed by atoms with van der Waals surface area (Å²) in [6.07, 6.45) is 1.11. The molecule has 2 aromatic carbocycles. The zero-order valence-electron chi connectivity index (χ0n) is 16.7. The van der Waals surface area contributed by atoms with E-state index < -0.39 is 0 Å². The average Bonchev–Trinajstić information content (AvgIpc) is 2.71. The highest BCUT2D eigenvalue weighted by atomic mass is 16.5. The Morgan fingerprint density at radius 2 is 1.59 bits per heavy atom. The molecule has 2 aromatic rings. The number of hydrogen-bond donors (Lipinski definition) is 2. The van der Waals surface area contributed by atoms with Gasteiger partial charge in [0.15, 0.2) is 17.5 Å². The number of nitrogens with two attached hydrogens (primary N) is 1. The van der Waals surface area contributed by atoms with E-state index in [1.54, 1.807) is 27.4 Å². The third kappa shape index (κ3) is 5.29. The summed E-state index contributed by atoms with van der Waals surface area (Å²) >= 11 is 0. The number of benzene rings is 2. The smallest absolute Gasteiger partial charge is 0.193 e. The number of ether oxygens (including phenoxy) is 3. The van der Waals surface area contributed by atoms with Crippen LogP contribution in [0.3, 0.4) is 0 Å². The number of nitrogens with zero attached hydrogens (tertiary/aromatic N) is 1. The highest BCUT2D eigenvalue weighted by molar-refractivity contribution is 5.92. The van der Waals surface area contributed by atoms with E-state index in [4.69, 9.17) is 19.9 Å². The topological polar surface area (TPSA) is 78.1 Å². The number of anilines is 1. The van der Waals surface area contributed by atoms with Crippen molar-refractivity contribution in [2.75, 3.05) is 26.6 Å². The zero-order valence-corrected chi connectivity index (χ0v) is 16.7. The molecule has 0 aliphatic rings. The summed E-state index contributed by atoms with van der Waals surface area (Å²) in [6.45, 7) is 4.76. The van der Waals surface area contributed by atoms with Gasteiger partial charge in [-0.1, -0.05) is 26.0 Å². The fourth-order valence-electron chi connectivity index (χ4n) is 2.70. The molecule has 6 nitrogen and oxygen atoms in total. The Morgan fingerprint density at radius 3 is 2.15 bits per heavy atom. The highest BCUT2D eigenvalue weighted by Crippen LogP contribution is 2.34. The Hall–Kier alpha value is -2.89. The first kappa shape index (κ1) is 20.4. The molecule has 27 heavy (non-hydrogen) atoms. The summed E-state index contributed by atoms with van der Waals surface area (Å²) in [5.74, 6) is 2.78. The summed E-state index contributed by atoms with van der Waals surface area (Å²) in [4.78, 5) is 4.41. The number of nitrogens with one attached hydrogen (secondary N) is 1. The van der Waals surface area contributed by atoms with Crippen LogP contribution in [0.15, 0.2) is 41.4 Å². The van der Waals surface area contributed by atoms with E-state index in [0.29, 0.717) is 35.7 Å². The van der Waals surface area contributed by atoms with Crippen molar-refractivity contribution in [1.29, 1.82) is 0 Å². The Kier molecular flexibility index (Phi) is 7.34. The second-order valence-corrected chi connectivity index (χ2v) is 6.28. The Labute approximate surface area is 161 Å². The van der Waals surface area contributed by atoms with Crippen molar-refractivity contribution in [3.63, 3.8) is 0 Å². The molecular weight excluding hydrogens is 342 g/mol. The molecule has 0 saturated heterocycles. The fourth-order valence-corrected chi connectivity index (χ4v) is 2.70. The molecule has 146 valence electrons. The van der Waals surface area contributed by atoms with Gasteiger partial charge in [0.25, 0.3) is 0 Å². The average molecular weight is 371 g/mol. The lowest BCUT2D eigenvalue weighted by atomic mass is 9.99. The van der Waals surface area contributed by atoms with E-state index in [-0.39, 0.29) is 0 Å². The zero-order chi connectivity index (χ0) is 19.8. The third-order valence-corrected chi connectivity index (χ3v) is 4.57. The van der Waals surface area contributed by atoms with Crippen LogP contribution < -0.4 is 25.3 Å². The van der Waals surface area contributed by atoms with Crippen molar-refractivity contribution in [3.8, 4) is 17.2 Å². The van der Waals surface area contributed by atoms with Crippen LogP contribution in [0.2, 0.25) is 0 Å². The standard InChI is InChI=1S/C21H29N3O3/c1-6-14(2)15-7-9-17(10-8-15)24-21(22)23-13-16-11-19(26-4)20(27-5)12-18(16)25-3/h7-12,14H,6,13H2,1-5H3,(H3,22,23,24). The quantitative estimate of drug-likeness (QED) is 0.538. The number of hydrogen-bond acceptors (Lipinski definition) is 4. The first-order valence-corrected chi connectivity index (χ1v) is 8.98. The van der Waals surface area contributed by atoms with Crippen molar-refractivity contribution in [1.82, 2.24) is 0 Å². The van der Waals surface area contributed by atoms with Crippen molar-refractivity contribution in [2.45, 2.75) is 32.7 Å². The molecule has 0 heterocycles. The van der Waals surface area contributed by atoms with Crippen molar-refractivity contribution >= 4 is 11.6 Å². The Bertz CT molecular complexity index is 773. The van der Waals surface area contributed by atoms with E-state index in [2.05, 4.69) is 36.3 Å². The fraction of sp³-hybridized carbons (Fsp3) is 0.381. The van der Waals surface area contributed by atoms with Crippen LogP contribution in [0.5, 0.6) is 17.2 Å². The minimum Gasteiger partial charge on any atom is -0.496 e. The highest BCUT2D eigenvalue weighted by Gasteiger charge is 2.11. The van der Waals surface area contributed by atoms with Gasteiger partial charge in [0.05, 0.1) is 27.9 Å². The molecule has 0 bridgehead atoms. The Morgan fingerprint density at radius 1 is 1.00 bits per heavy atom. The van der Waals surface area contributed by atoms with Gasteiger partial charge >= 0.3 is 0 Å². The molecular formula is C21H29N3O3. The summed E-state index contributed by atoms with van der Waals surface area (Å²) in [5, 5.41) is 3.12. The first-order valence-electron chi connectivity index (χ1n) is 8.98. The van der Waals surface area contributed by atoms with Crippen molar-refractivity contribution in [3.05, 3.63) is 47.5 Å². The summed E-state index contributed by atoms with van der Waals surface area (Å²) in [5.41, 5.74) is 9.11. The largest absolute Gasteiger partial charge is 0.496 e. The summed E-state index contributed by atoms with van der Waals surface area (Å²) < 4.78 is 16.1. The molecule has 0 aromatic heterocycles. The second kappa shape index (κ2) is 9.71. The molecule has 0 fully saturated rings. The van der Waals surface area contributed by atoms with Crippen LogP contribution in [0.1, 0.15) is 37.3 Å². The third-order valence-electron chi connectivity index (χ3n) is 4.57. The molecule has 2 rings (SSSR count). The lowest BCUT2D eigenvalue weighted by Gasteiger charge is -2.13. The lowest BCUT2D eigenvalue weighted by Crippen LogP contribution is -2.22. The lowest BCUT2D eigenvalue weighted by molar-refractivity contribution is 0.347. The number of guanidine groups is 1. The van der Waals surface area contributed by atoms with Crippen LogP contribution in [0.25, 0.3) is 0 Å². The SMILES string of the molecule is CCC(C)c1ccc(NC(N)=NCc2cc(OC)c(OC)cc2OC)cc1. The maximum absolute atomic E-state index is 6.04. The predicted molar refractivity (Wildman–Crippen MR) is 110 cm³/mol. The second-order valence-electron chi connectivity index (χ2n) is 6.28. The van der Waals surface area contributed by atoms with Crippen LogP contribution in [-0.4, -0.2) is 27.3 Å². The summed E-state index contributed by atoms with van der Waals surface area (Å²) in [7, 11) is 4.79. The van der Waals surface area contributed by atoms with Gasteiger partial charge in [0, 0.05) is 17.3 Å². The van der Waals surface area contributed by atoms with Gasteiger partial charge in [-0.05, 0) is 36.1 Å². The normalized spacial score (nSPS) is 12.4. The molecule has 0 radical (unpaired) electrons. The first-order chi connectivity index (χ1) is 13.0. The van der Waals surface area contributed by atoms with Gasteiger partial charge < -0.3 is 25.3 Å². The van der Waals surface area contributed by atoms with E-state index in [1.165, 1.54) is 5.56 Å². The van der Waals surface area contributed by atoms with Gasteiger partial charge in [-0.25, -0.2) is 4.99 Å². The van der Waals surface area contributed by atoms with Crippen molar-refractivity contribution in [2.24, 2.45) is 10.7 Å². The number of rotatable bonds is 8. The van der Waals surface area contributed by atoms with Gasteiger partial charge in [-0.15, -0.1) is 0 Å². The van der Waals surface area contributed by atoms with Crippen LogP contribution in [-0.2, 0) is 6.54 Å². The molecule has 0 saturated carbocycles. The number of methoxy groups -OCH3 is 3. The van der Waals surface area contributed by atoms with E-state index in [9.17, 15) is 0 Å². The Balaban J connectivity index is 2.10. The molecule has 0 aliphatic heterocycles. The predicted octanol–water partition coefficient (Wildman–Crippen LogP) is 4.15. The molecule has 0 aliphatic carbocycles. The van der Waals surface area contributed by atoms with Gasteiger partial charge in [-0.3, -0.25) is 0 Å². The number of aliphatic imine (C=N–C) groups is 1. The molecule has 6 heteroatoms. The van der Waals surface area contributed by atoms with Crippen LogP contribution >= 0.6 is 0 Å². The molecule has 0 amide bonds. The van der Waals surface area contributed by atoms with Gasteiger partial charge in [-0.2, -0.15) is 0 Å². The molecule has 3 N–H and O–H groups in total. The van der Waals surface area contributed by atoms with E-state index in [1.807, 2.05) is 18.2 Å². The molecule has 1 atom stereocenters. The molecule has 1 unspecified atom stereocenters. The minimum atomic E-state index is 0.336. The van der Waals surface area contributed by atoms with E-state index >= 15 is 0 Å². The minimum absolute atomic E-state index is 0.336. The van der Waals surface area contributed by atoms with Gasteiger partial charge in [0.2, 0.25) is 0 Å². The molecule has 0 spiro atoms. The van der Waals surface area contributed by atoms with Crippen LogP contribution in [0, 0.1) is 0 Å². The maximum atomic E-state index is 6.04. The van der Waals surface area contributed by atoms with Gasteiger partial charge in [0.1, 0.15) is 5.75 Å². The monoisotopic (exact) mass is 371 g/mol. The summed E-state index contributed by atoms with van der Waals surface area (Å²) in [6, 6.07) is 11.9. The van der Waals surface area contributed by atoms with Crippen LogP contribution in [0.4, 0.5) is 5.69 Å². The van der Waals surface area contributed by atoms with E-state index in [0.717, 1.165) is 17.7 Å².